The topological polar surface area (TPSA) is 46.3 Å². The standard InChI is InChI=1S/C16H24N2O/c1-3-18(14-7-5-13(2)6-8-14)15(19)11-16(12-17)9-4-10-16/h5-8H,3-4,9-12,17H2,1-2H3. The highest BCUT2D eigenvalue weighted by Gasteiger charge is 2.38. The van der Waals surface area contributed by atoms with Gasteiger partial charge in [0.15, 0.2) is 0 Å². The third-order valence-electron chi connectivity index (χ3n) is 4.34. The second kappa shape index (κ2) is 5.74. The Morgan fingerprint density at radius 1 is 1.32 bits per heavy atom. The summed E-state index contributed by atoms with van der Waals surface area (Å²) in [6, 6.07) is 8.14. The summed E-state index contributed by atoms with van der Waals surface area (Å²) in [5.41, 5.74) is 8.13. The molecule has 1 aromatic rings. The maximum Gasteiger partial charge on any atom is 0.227 e. The second-order valence-electron chi connectivity index (χ2n) is 5.71. The normalized spacial score (nSPS) is 16.8. The Bertz CT molecular complexity index is 429. The average Bonchev–Trinajstić information content (AvgIpc) is 2.37. The molecule has 2 N–H and O–H groups in total. The van der Waals surface area contributed by atoms with E-state index in [1.54, 1.807) is 0 Å². The van der Waals surface area contributed by atoms with Crippen LogP contribution in [0.5, 0.6) is 0 Å². The van der Waals surface area contributed by atoms with Gasteiger partial charge in [0.05, 0.1) is 0 Å². The predicted octanol–water partition coefficient (Wildman–Crippen LogP) is 2.87. The summed E-state index contributed by atoms with van der Waals surface area (Å²) in [6.45, 7) is 5.42. The largest absolute Gasteiger partial charge is 0.330 e. The highest BCUT2D eigenvalue weighted by Crippen LogP contribution is 2.43. The number of benzene rings is 1. The van der Waals surface area contributed by atoms with Crippen molar-refractivity contribution in [3.63, 3.8) is 0 Å². The number of nitrogens with two attached hydrogens (primary N) is 1. The Morgan fingerprint density at radius 3 is 2.37 bits per heavy atom. The van der Waals surface area contributed by atoms with Gasteiger partial charge in [-0.1, -0.05) is 24.1 Å². The number of anilines is 1. The third-order valence-corrected chi connectivity index (χ3v) is 4.34. The van der Waals surface area contributed by atoms with Crippen LogP contribution in [0, 0.1) is 12.3 Å². The summed E-state index contributed by atoms with van der Waals surface area (Å²) >= 11 is 0. The fourth-order valence-electron chi connectivity index (χ4n) is 2.77. The van der Waals surface area contributed by atoms with Gasteiger partial charge in [0.2, 0.25) is 5.91 Å². The van der Waals surface area contributed by atoms with Crippen molar-refractivity contribution < 1.29 is 4.79 Å². The number of rotatable bonds is 5. The Morgan fingerprint density at radius 2 is 1.95 bits per heavy atom. The van der Waals surface area contributed by atoms with Crippen LogP contribution < -0.4 is 10.6 Å². The molecule has 0 aliphatic heterocycles. The minimum Gasteiger partial charge on any atom is -0.330 e. The van der Waals surface area contributed by atoms with Crippen LogP contribution in [0.4, 0.5) is 5.69 Å². The van der Waals surface area contributed by atoms with E-state index in [1.807, 2.05) is 36.1 Å². The lowest BCUT2D eigenvalue weighted by Crippen LogP contribution is -2.43. The number of hydrogen-bond donors (Lipinski definition) is 1. The van der Waals surface area contributed by atoms with Crippen LogP contribution in [0.15, 0.2) is 24.3 Å². The van der Waals surface area contributed by atoms with Gasteiger partial charge in [-0.3, -0.25) is 4.79 Å². The van der Waals surface area contributed by atoms with Gasteiger partial charge in [0.25, 0.3) is 0 Å². The van der Waals surface area contributed by atoms with E-state index >= 15 is 0 Å². The molecule has 1 aromatic carbocycles. The first-order valence-corrected chi connectivity index (χ1v) is 7.17. The molecule has 104 valence electrons. The fraction of sp³-hybridized carbons (Fsp3) is 0.562. The molecule has 1 saturated carbocycles. The van der Waals surface area contributed by atoms with Crippen LogP contribution >= 0.6 is 0 Å². The molecule has 0 aromatic heterocycles. The second-order valence-corrected chi connectivity index (χ2v) is 5.71. The summed E-state index contributed by atoms with van der Waals surface area (Å²) in [6.07, 6.45) is 3.99. The zero-order valence-electron chi connectivity index (χ0n) is 12.0. The van der Waals surface area contributed by atoms with Gasteiger partial charge in [-0.25, -0.2) is 0 Å². The summed E-state index contributed by atoms with van der Waals surface area (Å²) < 4.78 is 0. The summed E-state index contributed by atoms with van der Waals surface area (Å²) in [5.74, 6) is 0.205. The van der Waals surface area contributed by atoms with Crippen LogP contribution in [-0.2, 0) is 4.79 Å². The van der Waals surface area contributed by atoms with E-state index in [9.17, 15) is 4.79 Å². The Balaban J connectivity index is 2.08. The molecule has 0 heterocycles. The van der Waals surface area contributed by atoms with Crippen LogP contribution in [0.3, 0.4) is 0 Å². The van der Waals surface area contributed by atoms with Gasteiger partial charge in [0.1, 0.15) is 0 Å². The quantitative estimate of drug-likeness (QED) is 0.885. The number of hydrogen-bond acceptors (Lipinski definition) is 2. The Hall–Kier alpha value is -1.35. The molecule has 0 atom stereocenters. The molecular weight excluding hydrogens is 236 g/mol. The molecule has 0 spiro atoms. The van der Waals surface area contributed by atoms with Gasteiger partial charge in [-0.2, -0.15) is 0 Å². The fourth-order valence-corrected chi connectivity index (χ4v) is 2.77. The molecule has 0 bridgehead atoms. The zero-order valence-corrected chi connectivity index (χ0v) is 12.0. The highest BCUT2D eigenvalue weighted by atomic mass is 16.2. The van der Waals surface area contributed by atoms with Crippen LogP contribution in [-0.4, -0.2) is 19.0 Å². The van der Waals surface area contributed by atoms with Gasteiger partial charge in [-0.05, 0) is 50.8 Å². The molecule has 3 nitrogen and oxygen atoms in total. The molecule has 19 heavy (non-hydrogen) atoms. The van der Waals surface area contributed by atoms with Gasteiger partial charge in [0, 0.05) is 18.7 Å². The molecule has 0 saturated heterocycles. The molecule has 1 aliphatic carbocycles. The Kier molecular flexibility index (Phi) is 4.25. The molecule has 1 amide bonds. The number of carbonyl (C=O) groups is 1. The van der Waals surface area contributed by atoms with E-state index in [4.69, 9.17) is 5.73 Å². The van der Waals surface area contributed by atoms with Crippen LogP contribution in [0.2, 0.25) is 0 Å². The number of aryl methyl sites for hydroxylation is 1. The van der Waals surface area contributed by atoms with Crippen molar-refractivity contribution in [2.24, 2.45) is 11.1 Å². The van der Waals surface area contributed by atoms with E-state index in [1.165, 1.54) is 12.0 Å². The van der Waals surface area contributed by atoms with Crippen molar-refractivity contribution in [2.45, 2.75) is 39.5 Å². The van der Waals surface area contributed by atoms with Crippen LogP contribution in [0.25, 0.3) is 0 Å². The van der Waals surface area contributed by atoms with Crippen molar-refractivity contribution in [1.29, 1.82) is 0 Å². The summed E-state index contributed by atoms with van der Waals surface area (Å²) in [5, 5.41) is 0. The highest BCUT2D eigenvalue weighted by molar-refractivity contribution is 5.93. The third kappa shape index (κ3) is 2.98. The van der Waals surface area contributed by atoms with Gasteiger partial charge < -0.3 is 10.6 Å². The maximum absolute atomic E-state index is 12.5. The van der Waals surface area contributed by atoms with Gasteiger partial charge >= 0.3 is 0 Å². The monoisotopic (exact) mass is 260 g/mol. The maximum atomic E-state index is 12.5. The summed E-state index contributed by atoms with van der Waals surface area (Å²) in [7, 11) is 0. The smallest absolute Gasteiger partial charge is 0.227 e. The molecule has 3 heteroatoms. The molecule has 1 fully saturated rings. The first kappa shape index (κ1) is 14.1. The first-order valence-electron chi connectivity index (χ1n) is 7.17. The van der Waals surface area contributed by atoms with E-state index in [0.29, 0.717) is 19.5 Å². The number of amides is 1. The SMILES string of the molecule is CCN(C(=O)CC1(CN)CCC1)c1ccc(C)cc1. The van der Waals surface area contributed by atoms with Crippen molar-refractivity contribution in [3.8, 4) is 0 Å². The molecule has 0 unspecified atom stereocenters. The summed E-state index contributed by atoms with van der Waals surface area (Å²) in [4.78, 5) is 14.4. The van der Waals surface area contributed by atoms with E-state index in [0.717, 1.165) is 18.5 Å². The van der Waals surface area contributed by atoms with E-state index < -0.39 is 0 Å². The lowest BCUT2D eigenvalue weighted by atomic mass is 9.66. The lowest BCUT2D eigenvalue weighted by Gasteiger charge is -2.41. The zero-order chi connectivity index (χ0) is 13.9. The van der Waals surface area contributed by atoms with Crippen molar-refractivity contribution in [1.82, 2.24) is 0 Å². The van der Waals surface area contributed by atoms with Crippen LogP contribution in [0.1, 0.15) is 38.2 Å². The van der Waals surface area contributed by atoms with Crippen molar-refractivity contribution in [2.75, 3.05) is 18.0 Å². The van der Waals surface area contributed by atoms with E-state index in [-0.39, 0.29) is 11.3 Å². The van der Waals surface area contributed by atoms with Gasteiger partial charge in [-0.15, -0.1) is 0 Å². The predicted molar refractivity (Wildman–Crippen MR) is 79.2 cm³/mol. The molecular formula is C16H24N2O. The van der Waals surface area contributed by atoms with E-state index in [2.05, 4.69) is 6.92 Å². The molecule has 0 radical (unpaired) electrons. The lowest BCUT2D eigenvalue weighted by molar-refractivity contribution is -0.122. The van der Waals surface area contributed by atoms with Crippen molar-refractivity contribution in [3.05, 3.63) is 29.8 Å². The van der Waals surface area contributed by atoms with Crippen molar-refractivity contribution >= 4 is 11.6 Å². The minimum absolute atomic E-state index is 0.0786. The molecule has 2 rings (SSSR count). The minimum atomic E-state index is 0.0786. The first-order chi connectivity index (χ1) is 9.10. The molecule has 1 aliphatic rings. The average molecular weight is 260 g/mol. The Labute approximate surface area is 115 Å². The number of carbonyl (C=O) groups excluding carboxylic acids is 1. The number of nitrogens with zero attached hydrogens (tertiary/aromatic N) is 1.